The van der Waals surface area contributed by atoms with Crippen LogP contribution in [0.5, 0.6) is 23.0 Å². The number of benzene rings is 2. The quantitative estimate of drug-likeness (QED) is 0.291. The summed E-state index contributed by atoms with van der Waals surface area (Å²) in [6.07, 6.45) is 0. The molecule has 25 heavy (non-hydrogen) atoms. The topological polar surface area (TPSA) is 54.0 Å². The van der Waals surface area contributed by atoms with E-state index in [1.807, 2.05) is 31.2 Å². The minimum atomic E-state index is -0.347. The molecule has 0 amide bonds. The normalized spacial score (nSPS) is 9.52. The minimum Gasteiger partial charge on any atom is -0.493 e. The second-order valence-electron chi connectivity index (χ2n) is 4.62. The summed E-state index contributed by atoms with van der Waals surface area (Å²) < 4.78 is 22.6. The summed E-state index contributed by atoms with van der Waals surface area (Å²) in [7, 11) is 3.18. The van der Waals surface area contributed by atoms with E-state index >= 15 is 0 Å². The summed E-state index contributed by atoms with van der Waals surface area (Å²) in [5.41, 5.74) is 0. The van der Waals surface area contributed by atoms with Gasteiger partial charge in [0.25, 0.3) is 0 Å². The van der Waals surface area contributed by atoms with Crippen LogP contribution in [0.2, 0.25) is 0 Å². The van der Waals surface area contributed by atoms with Crippen molar-refractivity contribution < 1.29 is 23.7 Å². The van der Waals surface area contributed by atoms with Crippen molar-refractivity contribution in [3.8, 4) is 23.0 Å². The molecule has 2 rings (SSSR count). The molecule has 0 bridgehead atoms. The van der Waals surface area contributed by atoms with Gasteiger partial charge in [0, 0.05) is 14.1 Å². The maximum Gasteiger partial charge on any atom is 0.308 e. The highest BCUT2D eigenvalue weighted by Crippen LogP contribution is 2.29. The fraction of sp³-hybridized carbons (Fsp3) is 0.278. The van der Waals surface area contributed by atoms with Gasteiger partial charge in [-0.05, 0) is 88.5 Å². The van der Waals surface area contributed by atoms with Crippen molar-refractivity contribution in [2.24, 2.45) is 0 Å². The maximum absolute atomic E-state index is 10.7. The Morgan fingerprint density at radius 2 is 1.36 bits per heavy atom. The number of rotatable bonds is 5. The number of esters is 1. The molecule has 0 spiro atoms. The van der Waals surface area contributed by atoms with Gasteiger partial charge in [0.2, 0.25) is 0 Å². The van der Waals surface area contributed by atoms with Crippen molar-refractivity contribution in [3.05, 3.63) is 43.5 Å². The van der Waals surface area contributed by atoms with Crippen molar-refractivity contribution in [3.63, 3.8) is 0 Å². The first kappa shape index (κ1) is 21.8. The molecule has 2 aromatic rings. The average molecular weight is 570 g/mol. The molecule has 0 atom stereocenters. The van der Waals surface area contributed by atoms with Gasteiger partial charge in [-0.25, -0.2) is 0 Å². The third kappa shape index (κ3) is 7.68. The van der Waals surface area contributed by atoms with Gasteiger partial charge in [-0.2, -0.15) is 0 Å². The zero-order chi connectivity index (χ0) is 18.8. The molecule has 0 aliphatic heterocycles. The summed E-state index contributed by atoms with van der Waals surface area (Å²) >= 11 is 4.38. The zero-order valence-electron chi connectivity index (χ0n) is 14.5. The molecule has 0 aliphatic carbocycles. The van der Waals surface area contributed by atoms with Crippen molar-refractivity contribution in [1.82, 2.24) is 0 Å². The van der Waals surface area contributed by atoms with Gasteiger partial charge in [0.1, 0.15) is 0 Å². The van der Waals surface area contributed by atoms with Gasteiger partial charge < -0.3 is 18.9 Å². The lowest BCUT2D eigenvalue weighted by Crippen LogP contribution is -2.03. The van der Waals surface area contributed by atoms with E-state index in [0.29, 0.717) is 18.1 Å². The SMILES string of the molecule is CCOc1cc(I)ccc1OC.COc1ccc(I)cc1OC(C)=O. The van der Waals surface area contributed by atoms with E-state index in [4.69, 9.17) is 18.9 Å². The Balaban J connectivity index is 0.000000251. The van der Waals surface area contributed by atoms with Crippen LogP contribution in [-0.4, -0.2) is 26.8 Å². The van der Waals surface area contributed by atoms with E-state index in [2.05, 4.69) is 45.2 Å². The summed E-state index contributed by atoms with van der Waals surface area (Å²) in [5, 5.41) is 0. The van der Waals surface area contributed by atoms with Gasteiger partial charge in [-0.1, -0.05) is 0 Å². The molecule has 0 saturated heterocycles. The van der Waals surface area contributed by atoms with E-state index in [1.54, 1.807) is 19.2 Å². The van der Waals surface area contributed by atoms with Crippen LogP contribution in [0, 0.1) is 7.14 Å². The van der Waals surface area contributed by atoms with Crippen molar-refractivity contribution in [2.45, 2.75) is 13.8 Å². The minimum absolute atomic E-state index is 0.347. The van der Waals surface area contributed by atoms with Crippen LogP contribution in [-0.2, 0) is 4.79 Å². The molecular weight excluding hydrogens is 550 g/mol. The lowest BCUT2D eigenvalue weighted by atomic mass is 10.3. The standard InChI is InChI=1S/C9H9IO3.C9H11IO2/c1-6(11)13-9-5-7(10)3-4-8(9)12-2;1-3-12-9-6-7(10)4-5-8(9)11-2/h3-5H,1-2H3;4-6H,3H2,1-2H3. The van der Waals surface area contributed by atoms with Crippen LogP contribution in [0.15, 0.2) is 36.4 Å². The van der Waals surface area contributed by atoms with Gasteiger partial charge in [-0.15, -0.1) is 0 Å². The lowest BCUT2D eigenvalue weighted by molar-refractivity contribution is -0.132. The molecule has 136 valence electrons. The molecule has 0 aromatic heterocycles. The average Bonchev–Trinajstić information content (AvgIpc) is 2.56. The largest absolute Gasteiger partial charge is 0.493 e. The summed E-state index contributed by atoms with van der Waals surface area (Å²) in [5.74, 6) is 2.28. The van der Waals surface area contributed by atoms with Crippen molar-refractivity contribution >= 4 is 51.2 Å². The van der Waals surface area contributed by atoms with Crippen LogP contribution in [0.1, 0.15) is 13.8 Å². The molecule has 7 heteroatoms. The summed E-state index contributed by atoms with van der Waals surface area (Å²) in [6.45, 7) is 3.98. The Bertz CT molecular complexity index is 704. The van der Waals surface area contributed by atoms with Crippen LogP contribution in [0.4, 0.5) is 0 Å². The first-order chi connectivity index (χ1) is 11.9. The molecule has 0 radical (unpaired) electrons. The molecule has 0 N–H and O–H groups in total. The predicted octanol–water partition coefficient (Wildman–Crippen LogP) is 4.92. The number of carbonyl (C=O) groups excluding carboxylic acids is 1. The van der Waals surface area contributed by atoms with Crippen LogP contribution >= 0.6 is 45.2 Å². The number of hydrogen-bond donors (Lipinski definition) is 0. The Morgan fingerprint density at radius 3 is 1.80 bits per heavy atom. The fourth-order valence-corrected chi connectivity index (χ4v) is 2.73. The van der Waals surface area contributed by atoms with Crippen LogP contribution < -0.4 is 18.9 Å². The van der Waals surface area contributed by atoms with Gasteiger partial charge in [0.05, 0.1) is 20.8 Å². The highest BCUT2D eigenvalue weighted by molar-refractivity contribution is 14.1. The third-order valence-electron chi connectivity index (χ3n) is 2.80. The van der Waals surface area contributed by atoms with E-state index in [9.17, 15) is 4.79 Å². The predicted molar refractivity (Wildman–Crippen MR) is 114 cm³/mol. The van der Waals surface area contributed by atoms with E-state index in [-0.39, 0.29) is 5.97 Å². The Morgan fingerprint density at radius 1 is 0.880 bits per heavy atom. The van der Waals surface area contributed by atoms with Gasteiger partial charge in [0.15, 0.2) is 23.0 Å². The number of halogens is 2. The molecule has 5 nitrogen and oxygen atoms in total. The summed E-state index contributed by atoms with van der Waals surface area (Å²) in [4.78, 5) is 10.7. The number of ether oxygens (including phenoxy) is 4. The summed E-state index contributed by atoms with van der Waals surface area (Å²) in [6, 6.07) is 11.3. The molecule has 0 heterocycles. The van der Waals surface area contributed by atoms with E-state index < -0.39 is 0 Å². The number of methoxy groups -OCH3 is 2. The second-order valence-corrected chi connectivity index (χ2v) is 7.11. The first-order valence-corrected chi connectivity index (χ1v) is 9.55. The van der Waals surface area contributed by atoms with E-state index in [1.165, 1.54) is 14.0 Å². The van der Waals surface area contributed by atoms with Crippen molar-refractivity contribution in [2.75, 3.05) is 20.8 Å². The highest BCUT2D eigenvalue weighted by Gasteiger charge is 2.06. The second kappa shape index (κ2) is 11.4. The Kier molecular flexibility index (Phi) is 9.94. The molecule has 2 aromatic carbocycles. The number of hydrogen-bond acceptors (Lipinski definition) is 5. The van der Waals surface area contributed by atoms with E-state index in [0.717, 1.165) is 18.6 Å². The Hall–Kier alpha value is -1.23. The molecule has 0 saturated carbocycles. The molecule has 0 fully saturated rings. The smallest absolute Gasteiger partial charge is 0.308 e. The molecular formula is C18H20I2O5. The third-order valence-corrected chi connectivity index (χ3v) is 4.15. The molecule has 0 aliphatic rings. The highest BCUT2D eigenvalue weighted by atomic mass is 127. The first-order valence-electron chi connectivity index (χ1n) is 7.39. The fourth-order valence-electron chi connectivity index (χ4n) is 1.80. The van der Waals surface area contributed by atoms with Gasteiger partial charge in [-0.3, -0.25) is 4.79 Å². The lowest BCUT2D eigenvalue weighted by Gasteiger charge is -2.08. The van der Waals surface area contributed by atoms with Crippen LogP contribution in [0.25, 0.3) is 0 Å². The van der Waals surface area contributed by atoms with Crippen molar-refractivity contribution in [1.29, 1.82) is 0 Å². The maximum atomic E-state index is 10.7. The Labute approximate surface area is 175 Å². The zero-order valence-corrected chi connectivity index (χ0v) is 18.8. The number of carbonyl (C=O) groups is 1. The monoisotopic (exact) mass is 570 g/mol. The molecule has 0 unspecified atom stereocenters. The van der Waals surface area contributed by atoms with Crippen LogP contribution in [0.3, 0.4) is 0 Å². The van der Waals surface area contributed by atoms with Gasteiger partial charge >= 0.3 is 5.97 Å².